The zero-order valence-electron chi connectivity index (χ0n) is 17.1. The first-order valence-electron chi connectivity index (χ1n) is 10.3. The first-order chi connectivity index (χ1) is 14.7. The van der Waals surface area contributed by atoms with E-state index in [2.05, 4.69) is 107 Å². The summed E-state index contributed by atoms with van der Waals surface area (Å²) in [4.78, 5) is 4.63. The lowest BCUT2D eigenvalue weighted by molar-refractivity contribution is -0.660. The fourth-order valence-corrected chi connectivity index (χ4v) is 4.91. The molecule has 0 amide bonds. The van der Waals surface area contributed by atoms with Gasteiger partial charge in [-0.25, -0.2) is 9.55 Å². The highest BCUT2D eigenvalue weighted by Crippen LogP contribution is 2.42. The van der Waals surface area contributed by atoms with E-state index in [0.29, 0.717) is 0 Å². The van der Waals surface area contributed by atoms with Gasteiger partial charge in [0.2, 0.25) is 5.69 Å². The van der Waals surface area contributed by atoms with Crippen LogP contribution in [0.3, 0.4) is 0 Å². The molecule has 2 aromatic heterocycles. The maximum absolute atomic E-state index is 4.63. The van der Waals surface area contributed by atoms with Gasteiger partial charge in [-0.15, -0.1) is 0 Å². The third-order valence-corrected chi connectivity index (χ3v) is 6.36. The van der Waals surface area contributed by atoms with Crippen LogP contribution >= 0.6 is 0 Å². The number of benzene rings is 3. The molecule has 0 fully saturated rings. The van der Waals surface area contributed by atoms with Crippen LogP contribution in [-0.2, 0) is 13.5 Å². The van der Waals surface area contributed by atoms with Crippen LogP contribution in [0.2, 0.25) is 0 Å². The van der Waals surface area contributed by atoms with Crippen molar-refractivity contribution in [2.24, 2.45) is 7.05 Å². The van der Waals surface area contributed by atoms with E-state index < -0.39 is 0 Å². The van der Waals surface area contributed by atoms with Gasteiger partial charge < -0.3 is 4.57 Å². The fourth-order valence-electron chi connectivity index (χ4n) is 4.91. The smallest absolute Gasteiger partial charge is 0.213 e. The molecule has 0 atom stereocenters. The lowest BCUT2D eigenvalue weighted by Gasteiger charge is -2.16. The standard InChI is InChI=1S/C27H22N3/c1-18-21-10-6-7-11-22(21)27-23(17-25-28-13-15-30(25)27)26(18)24-16-20(12-14-29(24)2)19-8-4-3-5-9-19/h3-16H,17H2,1-2H3/q+1. The van der Waals surface area contributed by atoms with E-state index in [1.54, 1.807) is 0 Å². The summed E-state index contributed by atoms with van der Waals surface area (Å²) in [5.74, 6) is 1.11. The Morgan fingerprint density at radius 3 is 2.50 bits per heavy atom. The average Bonchev–Trinajstić information content (AvgIpc) is 3.37. The minimum atomic E-state index is 0.860. The number of aryl methyl sites for hydroxylation is 2. The highest BCUT2D eigenvalue weighted by Gasteiger charge is 2.29. The zero-order chi connectivity index (χ0) is 20.2. The number of aromatic nitrogens is 3. The molecule has 5 aromatic rings. The van der Waals surface area contributed by atoms with Gasteiger partial charge in [0.05, 0.1) is 11.3 Å². The molecular formula is C27H22N3+. The quantitative estimate of drug-likeness (QED) is 0.364. The Kier molecular flexibility index (Phi) is 3.66. The zero-order valence-corrected chi connectivity index (χ0v) is 17.1. The van der Waals surface area contributed by atoms with Crippen molar-refractivity contribution >= 4 is 10.8 Å². The third kappa shape index (κ3) is 2.38. The molecule has 3 heteroatoms. The summed E-state index contributed by atoms with van der Waals surface area (Å²) in [5.41, 5.74) is 9.02. The third-order valence-electron chi connectivity index (χ3n) is 6.36. The number of rotatable bonds is 2. The van der Waals surface area contributed by atoms with Crippen LogP contribution in [0.1, 0.15) is 17.0 Å². The fraction of sp³-hybridized carbons (Fsp3) is 0.111. The van der Waals surface area contributed by atoms with E-state index in [1.165, 1.54) is 50.0 Å². The van der Waals surface area contributed by atoms with Crippen molar-refractivity contribution in [3.8, 4) is 28.1 Å². The average molecular weight is 388 g/mol. The summed E-state index contributed by atoms with van der Waals surface area (Å²) in [7, 11) is 2.14. The molecule has 6 rings (SSSR count). The van der Waals surface area contributed by atoms with Gasteiger partial charge in [0.1, 0.15) is 12.9 Å². The minimum Gasteiger partial charge on any atom is -0.303 e. The molecule has 1 aliphatic rings. The number of imidazole rings is 1. The molecule has 0 spiro atoms. The van der Waals surface area contributed by atoms with E-state index in [4.69, 9.17) is 0 Å². The second-order valence-electron chi connectivity index (χ2n) is 8.04. The molecule has 0 unspecified atom stereocenters. The van der Waals surface area contributed by atoms with Crippen molar-refractivity contribution in [2.75, 3.05) is 0 Å². The predicted molar refractivity (Wildman–Crippen MR) is 121 cm³/mol. The number of hydrogen-bond donors (Lipinski definition) is 0. The summed E-state index contributed by atoms with van der Waals surface area (Å²) >= 11 is 0. The summed E-state index contributed by atoms with van der Waals surface area (Å²) < 4.78 is 4.51. The molecule has 0 radical (unpaired) electrons. The number of nitrogens with zero attached hydrogens (tertiary/aromatic N) is 3. The molecule has 0 saturated carbocycles. The van der Waals surface area contributed by atoms with Crippen molar-refractivity contribution in [3.63, 3.8) is 0 Å². The van der Waals surface area contributed by atoms with E-state index >= 15 is 0 Å². The Bertz CT molecular complexity index is 1430. The Hall–Kier alpha value is -3.72. The van der Waals surface area contributed by atoms with E-state index in [0.717, 1.165) is 12.2 Å². The number of pyridine rings is 1. The van der Waals surface area contributed by atoms with E-state index in [9.17, 15) is 0 Å². The normalized spacial score (nSPS) is 12.2. The monoisotopic (exact) mass is 388 g/mol. The van der Waals surface area contributed by atoms with Gasteiger partial charge in [-0.1, -0.05) is 54.6 Å². The molecule has 30 heavy (non-hydrogen) atoms. The summed E-state index contributed by atoms with van der Waals surface area (Å²) in [5, 5.41) is 2.60. The molecule has 0 saturated heterocycles. The Balaban J connectivity index is 1.69. The molecule has 3 aromatic carbocycles. The number of fused-ring (bicyclic) bond motifs is 5. The molecule has 0 N–H and O–H groups in total. The van der Waals surface area contributed by atoms with Crippen LogP contribution in [0.15, 0.2) is 85.3 Å². The van der Waals surface area contributed by atoms with Crippen molar-refractivity contribution in [1.29, 1.82) is 0 Å². The van der Waals surface area contributed by atoms with E-state index in [1.807, 2.05) is 6.20 Å². The highest BCUT2D eigenvalue weighted by atomic mass is 15.1. The minimum absolute atomic E-state index is 0.860. The topological polar surface area (TPSA) is 21.7 Å². The van der Waals surface area contributed by atoms with Gasteiger partial charge in [-0.2, -0.15) is 0 Å². The van der Waals surface area contributed by atoms with Gasteiger partial charge in [-0.05, 0) is 34.6 Å². The van der Waals surface area contributed by atoms with E-state index in [-0.39, 0.29) is 0 Å². The van der Waals surface area contributed by atoms with Crippen LogP contribution in [0.4, 0.5) is 0 Å². The predicted octanol–water partition coefficient (Wildman–Crippen LogP) is 5.40. The van der Waals surface area contributed by atoms with Gasteiger partial charge in [0, 0.05) is 36.3 Å². The Morgan fingerprint density at radius 1 is 0.900 bits per heavy atom. The van der Waals surface area contributed by atoms with Gasteiger partial charge in [0.15, 0.2) is 6.20 Å². The van der Waals surface area contributed by atoms with Crippen molar-refractivity contribution in [2.45, 2.75) is 13.3 Å². The molecule has 0 aliphatic carbocycles. The molecular weight excluding hydrogens is 366 g/mol. The number of hydrogen-bond acceptors (Lipinski definition) is 1. The maximum atomic E-state index is 4.63. The Labute approximate surface area is 175 Å². The van der Waals surface area contributed by atoms with Crippen molar-refractivity contribution < 1.29 is 4.57 Å². The molecule has 1 aliphatic heterocycles. The highest BCUT2D eigenvalue weighted by molar-refractivity contribution is 6.00. The molecule has 0 bridgehead atoms. The first kappa shape index (κ1) is 17.2. The second-order valence-corrected chi connectivity index (χ2v) is 8.04. The maximum Gasteiger partial charge on any atom is 0.213 e. The lowest BCUT2D eigenvalue weighted by Crippen LogP contribution is -2.31. The Morgan fingerprint density at radius 2 is 1.67 bits per heavy atom. The summed E-state index contributed by atoms with van der Waals surface area (Å²) in [6, 6.07) is 23.9. The first-order valence-corrected chi connectivity index (χ1v) is 10.3. The van der Waals surface area contributed by atoms with Crippen LogP contribution in [0.25, 0.3) is 38.8 Å². The largest absolute Gasteiger partial charge is 0.303 e. The summed E-state index contributed by atoms with van der Waals surface area (Å²) in [6.07, 6.45) is 7.03. The van der Waals surface area contributed by atoms with Crippen LogP contribution < -0.4 is 4.57 Å². The van der Waals surface area contributed by atoms with Crippen molar-refractivity contribution in [3.05, 3.63) is 102 Å². The van der Waals surface area contributed by atoms with Crippen LogP contribution in [-0.4, -0.2) is 9.55 Å². The summed E-state index contributed by atoms with van der Waals surface area (Å²) in [6.45, 7) is 2.26. The lowest BCUT2D eigenvalue weighted by atomic mass is 9.89. The van der Waals surface area contributed by atoms with Crippen molar-refractivity contribution in [1.82, 2.24) is 9.55 Å². The van der Waals surface area contributed by atoms with Crippen LogP contribution in [0.5, 0.6) is 0 Å². The SMILES string of the molecule is Cc1c(-c2cc(-c3ccccc3)cc[n+]2C)c2c(c3ccccc13)-n1ccnc1C2. The molecule has 144 valence electrons. The van der Waals surface area contributed by atoms with Gasteiger partial charge in [-0.3, -0.25) is 0 Å². The van der Waals surface area contributed by atoms with Gasteiger partial charge in [0.25, 0.3) is 0 Å². The molecule has 3 heterocycles. The van der Waals surface area contributed by atoms with Gasteiger partial charge >= 0.3 is 0 Å². The molecule has 3 nitrogen and oxygen atoms in total. The van der Waals surface area contributed by atoms with Crippen LogP contribution in [0, 0.1) is 6.92 Å². The second kappa shape index (κ2) is 6.39.